The lowest BCUT2D eigenvalue weighted by Crippen LogP contribution is -2.22. The van der Waals surface area contributed by atoms with Crippen LogP contribution < -0.4 is 5.32 Å². The number of halogens is 2. The Morgan fingerprint density at radius 1 is 1.33 bits per heavy atom. The highest BCUT2D eigenvalue weighted by Gasteiger charge is 2.15. The molecule has 0 aliphatic carbocycles. The maximum absolute atomic E-state index is 13.3. The SMILES string of the molecule is CCCNC(c1cccc(F)c1)c1ccc(Cl)s1. The van der Waals surface area contributed by atoms with Gasteiger partial charge in [-0.25, -0.2) is 4.39 Å². The van der Waals surface area contributed by atoms with Crippen molar-refractivity contribution in [3.63, 3.8) is 0 Å². The second-order valence-corrected chi connectivity index (χ2v) is 5.83. The van der Waals surface area contributed by atoms with Gasteiger partial charge >= 0.3 is 0 Å². The lowest BCUT2D eigenvalue weighted by atomic mass is 10.1. The Balaban J connectivity index is 2.30. The third-order valence-electron chi connectivity index (χ3n) is 2.66. The quantitative estimate of drug-likeness (QED) is 0.844. The molecule has 2 rings (SSSR count). The molecule has 0 aliphatic heterocycles. The first kappa shape index (κ1) is 13.5. The summed E-state index contributed by atoms with van der Waals surface area (Å²) in [5.74, 6) is -0.210. The summed E-state index contributed by atoms with van der Waals surface area (Å²) in [6, 6.07) is 10.6. The van der Waals surface area contributed by atoms with E-state index < -0.39 is 0 Å². The van der Waals surface area contributed by atoms with Crippen LogP contribution in [0.4, 0.5) is 4.39 Å². The van der Waals surface area contributed by atoms with E-state index in [0.717, 1.165) is 27.7 Å². The molecule has 0 radical (unpaired) electrons. The van der Waals surface area contributed by atoms with Crippen LogP contribution in [0.15, 0.2) is 36.4 Å². The molecule has 1 aromatic heterocycles. The van der Waals surface area contributed by atoms with Gasteiger partial charge in [-0.15, -0.1) is 11.3 Å². The van der Waals surface area contributed by atoms with E-state index in [-0.39, 0.29) is 11.9 Å². The first-order valence-electron chi connectivity index (χ1n) is 5.94. The van der Waals surface area contributed by atoms with Crippen LogP contribution in [0.1, 0.15) is 29.8 Å². The minimum atomic E-state index is -0.210. The van der Waals surface area contributed by atoms with Crippen LogP contribution in [-0.2, 0) is 0 Å². The largest absolute Gasteiger partial charge is 0.306 e. The molecule has 0 spiro atoms. The molecule has 4 heteroatoms. The van der Waals surface area contributed by atoms with E-state index in [0.29, 0.717) is 0 Å². The fraction of sp³-hybridized carbons (Fsp3) is 0.286. The molecule has 18 heavy (non-hydrogen) atoms. The molecule has 0 aliphatic rings. The molecule has 96 valence electrons. The maximum atomic E-state index is 13.3. The van der Waals surface area contributed by atoms with Gasteiger partial charge in [0.25, 0.3) is 0 Å². The van der Waals surface area contributed by atoms with Gasteiger partial charge in [0.1, 0.15) is 5.82 Å². The average molecular weight is 284 g/mol. The summed E-state index contributed by atoms with van der Waals surface area (Å²) in [5, 5.41) is 3.43. The topological polar surface area (TPSA) is 12.0 Å². The lowest BCUT2D eigenvalue weighted by molar-refractivity contribution is 0.591. The fourth-order valence-corrected chi connectivity index (χ4v) is 3.01. The van der Waals surface area contributed by atoms with E-state index in [4.69, 9.17) is 11.6 Å². The van der Waals surface area contributed by atoms with E-state index in [9.17, 15) is 4.39 Å². The molecule has 1 unspecified atom stereocenters. The Kier molecular flexibility index (Phi) is 4.75. The smallest absolute Gasteiger partial charge is 0.123 e. The summed E-state index contributed by atoms with van der Waals surface area (Å²) in [6.07, 6.45) is 1.03. The Bertz CT molecular complexity index is 512. The minimum Gasteiger partial charge on any atom is -0.306 e. The Morgan fingerprint density at radius 2 is 2.17 bits per heavy atom. The van der Waals surface area contributed by atoms with Crippen molar-refractivity contribution in [1.82, 2.24) is 5.32 Å². The predicted octanol–water partition coefficient (Wildman–Crippen LogP) is 4.63. The van der Waals surface area contributed by atoms with Gasteiger partial charge in [0, 0.05) is 4.88 Å². The molecule has 1 N–H and O–H groups in total. The van der Waals surface area contributed by atoms with Crippen molar-refractivity contribution in [3.05, 3.63) is 57.0 Å². The number of hydrogen-bond donors (Lipinski definition) is 1. The zero-order valence-electron chi connectivity index (χ0n) is 10.1. The van der Waals surface area contributed by atoms with E-state index in [1.165, 1.54) is 17.4 Å². The molecule has 0 fully saturated rings. The van der Waals surface area contributed by atoms with E-state index in [1.807, 2.05) is 18.2 Å². The van der Waals surface area contributed by atoms with Crippen LogP contribution in [0.5, 0.6) is 0 Å². The average Bonchev–Trinajstić information content (AvgIpc) is 2.76. The number of benzene rings is 1. The normalized spacial score (nSPS) is 12.6. The summed E-state index contributed by atoms with van der Waals surface area (Å²) < 4.78 is 14.1. The monoisotopic (exact) mass is 283 g/mol. The van der Waals surface area contributed by atoms with E-state index in [1.54, 1.807) is 12.1 Å². The van der Waals surface area contributed by atoms with Crippen molar-refractivity contribution in [3.8, 4) is 0 Å². The predicted molar refractivity (Wildman–Crippen MR) is 75.9 cm³/mol. The molecule has 2 aromatic rings. The lowest BCUT2D eigenvalue weighted by Gasteiger charge is -2.17. The first-order chi connectivity index (χ1) is 8.70. The van der Waals surface area contributed by atoms with Gasteiger partial charge in [-0.2, -0.15) is 0 Å². The van der Waals surface area contributed by atoms with Gasteiger partial charge in [0.05, 0.1) is 10.4 Å². The fourth-order valence-electron chi connectivity index (χ4n) is 1.84. The summed E-state index contributed by atoms with van der Waals surface area (Å²) in [4.78, 5) is 1.11. The molecular formula is C14H15ClFNS. The van der Waals surface area contributed by atoms with Gasteiger partial charge < -0.3 is 5.32 Å². The van der Waals surface area contributed by atoms with Gasteiger partial charge in [-0.3, -0.25) is 0 Å². The van der Waals surface area contributed by atoms with Crippen molar-refractivity contribution in [2.24, 2.45) is 0 Å². The van der Waals surface area contributed by atoms with Gasteiger partial charge in [0.2, 0.25) is 0 Å². The van der Waals surface area contributed by atoms with E-state index in [2.05, 4.69) is 12.2 Å². The number of nitrogens with one attached hydrogen (secondary N) is 1. The van der Waals surface area contributed by atoms with E-state index >= 15 is 0 Å². The second kappa shape index (κ2) is 6.32. The summed E-state index contributed by atoms with van der Waals surface area (Å²) in [7, 11) is 0. The van der Waals surface area contributed by atoms with Gasteiger partial charge in [-0.1, -0.05) is 30.7 Å². The van der Waals surface area contributed by atoms with Crippen molar-refractivity contribution >= 4 is 22.9 Å². The zero-order valence-corrected chi connectivity index (χ0v) is 11.7. The Labute approximate surface area is 116 Å². The molecule has 0 saturated carbocycles. The molecule has 1 nitrogen and oxygen atoms in total. The summed E-state index contributed by atoms with van der Waals surface area (Å²) >= 11 is 7.50. The van der Waals surface area contributed by atoms with Crippen molar-refractivity contribution in [2.45, 2.75) is 19.4 Å². The molecule has 1 aromatic carbocycles. The molecule has 0 amide bonds. The van der Waals surface area contributed by atoms with Crippen LogP contribution >= 0.6 is 22.9 Å². The summed E-state index contributed by atoms with van der Waals surface area (Å²) in [5.41, 5.74) is 0.932. The van der Waals surface area contributed by atoms with Crippen LogP contribution in [0, 0.1) is 5.82 Å². The third-order valence-corrected chi connectivity index (χ3v) is 3.95. The molecule has 1 atom stereocenters. The second-order valence-electron chi connectivity index (χ2n) is 4.08. The molecule has 0 saturated heterocycles. The van der Waals surface area contributed by atoms with Crippen molar-refractivity contribution in [2.75, 3.05) is 6.54 Å². The van der Waals surface area contributed by atoms with Crippen molar-refractivity contribution in [1.29, 1.82) is 0 Å². The standard InChI is InChI=1S/C14H15ClFNS/c1-2-8-17-14(12-6-7-13(15)18-12)10-4-3-5-11(16)9-10/h3-7,9,14,17H,2,8H2,1H3. The Morgan fingerprint density at radius 3 is 2.78 bits per heavy atom. The first-order valence-corrected chi connectivity index (χ1v) is 7.14. The van der Waals surface area contributed by atoms with Crippen LogP contribution in [0.25, 0.3) is 0 Å². The highest BCUT2D eigenvalue weighted by atomic mass is 35.5. The molecule has 0 bridgehead atoms. The number of thiophene rings is 1. The number of hydrogen-bond acceptors (Lipinski definition) is 2. The summed E-state index contributed by atoms with van der Waals surface area (Å²) in [6.45, 7) is 2.99. The van der Waals surface area contributed by atoms with Crippen LogP contribution in [-0.4, -0.2) is 6.54 Å². The molecular weight excluding hydrogens is 269 g/mol. The minimum absolute atomic E-state index is 0.0122. The van der Waals surface area contributed by atoms with Crippen LogP contribution in [0.3, 0.4) is 0 Å². The molecule has 1 heterocycles. The van der Waals surface area contributed by atoms with Gasteiger partial charge in [0.15, 0.2) is 0 Å². The highest BCUT2D eigenvalue weighted by molar-refractivity contribution is 7.16. The highest BCUT2D eigenvalue weighted by Crippen LogP contribution is 2.31. The third kappa shape index (κ3) is 3.31. The Hall–Kier alpha value is -0.900. The number of rotatable bonds is 5. The van der Waals surface area contributed by atoms with Crippen molar-refractivity contribution < 1.29 is 4.39 Å². The maximum Gasteiger partial charge on any atom is 0.123 e. The van der Waals surface area contributed by atoms with Crippen LogP contribution in [0.2, 0.25) is 4.34 Å². The zero-order chi connectivity index (χ0) is 13.0. The van der Waals surface area contributed by atoms with Gasteiger partial charge in [-0.05, 0) is 42.8 Å².